The largest absolute Gasteiger partial charge is 0.493 e. The van der Waals surface area contributed by atoms with E-state index < -0.39 is 29.0 Å². The summed E-state index contributed by atoms with van der Waals surface area (Å²) in [6.45, 7) is -0.104. The Morgan fingerprint density at radius 1 is 1.17 bits per heavy atom. The molecule has 1 N–H and O–H groups in total. The van der Waals surface area contributed by atoms with Gasteiger partial charge in [-0.1, -0.05) is 30.3 Å². The molecule has 0 heterocycles. The minimum atomic E-state index is -4.77. The maximum atomic E-state index is 13.2. The van der Waals surface area contributed by atoms with Crippen molar-refractivity contribution in [1.29, 1.82) is 0 Å². The van der Waals surface area contributed by atoms with Gasteiger partial charge in [-0.2, -0.15) is 13.2 Å². The number of aromatic carboxylic acids is 1. The first kappa shape index (κ1) is 16.7. The average Bonchev–Trinajstić information content (AvgIpc) is 2.52. The number of hydrogen-bond acceptors (Lipinski definition) is 3. The fourth-order valence-electron chi connectivity index (χ4n) is 1.97. The number of methoxy groups -OCH3 is 1. The first-order valence-electron chi connectivity index (χ1n) is 6.52. The molecule has 0 radical (unpaired) electrons. The molecule has 0 amide bonds. The molecule has 7 heteroatoms. The first-order chi connectivity index (χ1) is 10.8. The van der Waals surface area contributed by atoms with Crippen molar-refractivity contribution in [3.05, 3.63) is 59.2 Å². The standard InChI is InChI=1S/C16H13F3O4/c1-22-13-8-11(15(20)21)7-12(16(17,18)19)14(13)23-9-10-5-3-2-4-6-10/h2-8H,9H2,1H3,(H,20,21). The van der Waals surface area contributed by atoms with E-state index in [1.165, 1.54) is 0 Å². The monoisotopic (exact) mass is 326 g/mol. The summed E-state index contributed by atoms with van der Waals surface area (Å²) in [6, 6.07) is 10.2. The van der Waals surface area contributed by atoms with Crippen LogP contribution in [0.1, 0.15) is 21.5 Å². The molecule has 0 aliphatic heterocycles. The molecule has 0 atom stereocenters. The summed E-state index contributed by atoms with van der Waals surface area (Å²) in [5.74, 6) is -2.30. The molecule has 4 nitrogen and oxygen atoms in total. The number of alkyl halides is 3. The number of carboxylic acid groups (broad SMARTS) is 1. The summed E-state index contributed by atoms with van der Waals surface area (Å²) in [4.78, 5) is 11.0. The van der Waals surface area contributed by atoms with Gasteiger partial charge in [-0.25, -0.2) is 4.79 Å². The maximum absolute atomic E-state index is 13.2. The van der Waals surface area contributed by atoms with Crippen LogP contribution in [0.5, 0.6) is 11.5 Å². The molecule has 2 aromatic carbocycles. The molecule has 0 unspecified atom stereocenters. The van der Waals surface area contributed by atoms with Gasteiger partial charge in [0.2, 0.25) is 0 Å². The summed E-state index contributed by atoms with van der Waals surface area (Å²) in [5.41, 5.74) is -1.04. The molecular weight excluding hydrogens is 313 g/mol. The normalized spacial score (nSPS) is 11.1. The van der Waals surface area contributed by atoms with E-state index in [0.717, 1.165) is 13.2 Å². The zero-order valence-corrected chi connectivity index (χ0v) is 12.1. The highest BCUT2D eigenvalue weighted by molar-refractivity contribution is 5.89. The summed E-state index contributed by atoms with van der Waals surface area (Å²) < 4.78 is 49.8. The number of rotatable bonds is 5. The molecule has 0 saturated carbocycles. The van der Waals surface area contributed by atoms with Gasteiger partial charge in [-0.05, 0) is 17.7 Å². The van der Waals surface area contributed by atoms with Gasteiger partial charge in [0, 0.05) is 0 Å². The second kappa shape index (κ2) is 6.60. The van der Waals surface area contributed by atoms with Gasteiger partial charge in [0.1, 0.15) is 12.2 Å². The lowest BCUT2D eigenvalue weighted by atomic mass is 10.1. The van der Waals surface area contributed by atoms with Crippen molar-refractivity contribution in [2.75, 3.05) is 7.11 Å². The molecule has 2 aromatic rings. The van der Waals surface area contributed by atoms with Crippen molar-refractivity contribution in [1.82, 2.24) is 0 Å². The van der Waals surface area contributed by atoms with Gasteiger partial charge in [0.15, 0.2) is 11.5 Å². The SMILES string of the molecule is COc1cc(C(=O)O)cc(C(F)(F)F)c1OCc1ccccc1. The molecule has 0 saturated heterocycles. The number of hydrogen-bond donors (Lipinski definition) is 1. The van der Waals surface area contributed by atoms with Crippen LogP contribution in [0.3, 0.4) is 0 Å². The van der Waals surface area contributed by atoms with E-state index in [1.54, 1.807) is 30.3 Å². The Morgan fingerprint density at radius 3 is 2.35 bits per heavy atom. The highest BCUT2D eigenvalue weighted by atomic mass is 19.4. The van der Waals surface area contributed by atoms with Crippen molar-refractivity contribution >= 4 is 5.97 Å². The van der Waals surface area contributed by atoms with Gasteiger partial charge in [0.05, 0.1) is 12.7 Å². The first-order valence-corrected chi connectivity index (χ1v) is 6.52. The van der Waals surface area contributed by atoms with Gasteiger partial charge in [0.25, 0.3) is 0 Å². The third-order valence-electron chi connectivity index (χ3n) is 3.05. The topological polar surface area (TPSA) is 55.8 Å². The zero-order valence-electron chi connectivity index (χ0n) is 12.1. The van der Waals surface area contributed by atoms with E-state index in [1.807, 2.05) is 0 Å². The Labute approximate surface area is 130 Å². The minimum Gasteiger partial charge on any atom is -0.493 e. The third kappa shape index (κ3) is 3.94. The van der Waals surface area contributed by atoms with Crippen LogP contribution in [0.2, 0.25) is 0 Å². The summed E-state index contributed by atoms with van der Waals surface area (Å²) >= 11 is 0. The van der Waals surface area contributed by atoms with Crippen molar-refractivity contribution in [3.63, 3.8) is 0 Å². The quantitative estimate of drug-likeness (QED) is 0.902. The van der Waals surface area contributed by atoms with Gasteiger partial charge >= 0.3 is 12.1 Å². The Balaban J connectivity index is 2.45. The van der Waals surface area contributed by atoms with E-state index >= 15 is 0 Å². The molecule has 122 valence electrons. The molecule has 2 rings (SSSR count). The molecule has 0 spiro atoms. The van der Waals surface area contributed by atoms with E-state index in [-0.39, 0.29) is 12.4 Å². The van der Waals surface area contributed by atoms with Crippen LogP contribution in [-0.4, -0.2) is 18.2 Å². The van der Waals surface area contributed by atoms with Gasteiger partial charge in [-0.15, -0.1) is 0 Å². The maximum Gasteiger partial charge on any atom is 0.420 e. The molecule has 0 fully saturated rings. The predicted octanol–water partition coefficient (Wildman–Crippen LogP) is 3.99. The summed E-state index contributed by atoms with van der Waals surface area (Å²) in [7, 11) is 1.15. The van der Waals surface area contributed by atoms with Crippen molar-refractivity contribution in [2.45, 2.75) is 12.8 Å². The third-order valence-corrected chi connectivity index (χ3v) is 3.05. The molecule has 0 bridgehead atoms. The molecule has 23 heavy (non-hydrogen) atoms. The van der Waals surface area contributed by atoms with Gasteiger partial charge in [-0.3, -0.25) is 0 Å². The fraction of sp³-hybridized carbons (Fsp3) is 0.188. The van der Waals surface area contributed by atoms with Crippen molar-refractivity contribution < 1.29 is 32.5 Å². The van der Waals surface area contributed by atoms with Crippen LogP contribution in [0.4, 0.5) is 13.2 Å². The van der Waals surface area contributed by atoms with Crippen LogP contribution < -0.4 is 9.47 Å². The van der Waals surface area contributed by atoms with E-state index in [9.17, 15) is 18.0 Å². The number of ether oxygens (including phenoxy) is 2. The van der Waals surface area contributed by atoms with Crippen LogP contribution in [-0.2, 0) is 12.8 Å². The molecule has 0 aliphatic carbocycles. The highest BCUT2D eigenvalue weighted by Crippen LogP contribution is 2.43. The second-order valence-electron chi connectivity index (χ2n) is 4.63. The van der Waals surface area contributed by atoms with Crippen LogP contribution >= 0.6 is 0 Å². The lowest BCUT2D eigenvalue weighted by molar-refractivity contribution is -0.139. The Bertz CT molecular complexity index is 696. The second-order valence-corrected chi connectivity index (χ2v) is 4.63. The molecule has 0 aliphatic rings. The number of carboxylic acids is 1. The van der Waals surface area contributed by atoms with Crippen molar-refractivity contribution in [2.24, 2.45) is 0 Å². The number of benzene rings is 2. The average molecular weight is 326 g/mol. The predicted molar refractivity (Wildman–Crippen MR) is 75.7 cm³/mol. The van der Waals surface area contributed by atoms with E-state index in [2.05, 4.69) is 0 Å². The van der Waals surface area contributed by atoms with E-state index in [0.29, 0.717) is 11.6 Å². The number of halogens is 3. The van der Waals surface area contributed by atoms with Crippen LogP contribution in [0.25, 0.3) is 0 Å². The number of carbonyl (C=O) groups is 1. The van der Waals surface area contributed by atoms with Crippen LogP contribution in [0.15, 0.2) is 42.5 Å². The highest BCUT2D eigenvalue weighted by Gasteiger charge is 2.37. The summed E-state index contributed by atoms with van der Waals surface area (Å²) in [6.07, 6.45) is -4.77. The Kier molecular flexibility index (Phi) is 4.78. The smallest absolute Gasteiger partial charge is 0.420 e. The molecule has 0 aromatic heterocycles. The lowest BCUT2D eigenvalue weighted by Crippen LogP contribution is -2.12. The van der Waals surface area contributed by atoms with Crippen molar-refractivity contribution in [3.8, 4) is 11.5 Å². The summed E-state index contributed by atoms with van der Waals surface area (Å²) in [5, 5.41) is 8.93. The van der Waals surface area contributed by atoms with Gasteiger partial charge < -0.3 is 14.6 Å². The Hall–Kier alpha value is -2.70. The fourth-order valence-corrected chi connectivity index (χ4v) is 1.97. The zero-order chi connectivity index (χ0) is 17.0. The van der Waals surface area contributed by atoms with E-state index in [4.69, 9.17) is 14.6 Å². The molecular formula is C16H13F3O4. The minimum absolute atomic E-state index is 0.104. The Morgan fingerprint density at radius 2 is 1.83 bits per heavy atom. The lowest BCUT2D eigenvalue weighted by Gasteiger charge is -2.18. The van der Waals surface area contributed by atoms with Crippen LogP contribution in [0, 0.1) is 0 Å².